The average molecular weight is 1240 g/mol. The van der Waals surface area contributed by atoms with Gasteiger partial charge < -0.3 is 14.8 Å². The smallest absolute Gasteiger partial charge is 0.423 e. The number of halogens is 1. The first-order valence-electron chi connectivity index (χ1n) is 30.5. The van der Waals surface area contributed by atoms with Crippen LogP contribution in [0.5, 0.6) is 0 Å². The predicted molar refractivity (Wildman–Crippen MR) is 377 cm³/mol. The third-order valence-corrected chi connectivity index (χ3v) is 15.9. The summed E-state index contributed by atoms with van der Waals surface area (Å²) in [7, 11) is -1.38. The molecule has 0 saturated carbocycles. The van der Waals surface area contributed by atoms with Crippen LogP contribution in [0.25, 0.3) is 91.6 Å². The second-order valence-corrected chi connectivity index (χ2v) is 27.3. The molecule has 1 fully saturated rings. The van der Waals surface area contributed by atoms with Crippen LogP contribution in [-0.4, -0.2) is 60.3 Å². The highest BCUT2D eigenvalue weighted by Crippen LogP contribution is 2.33. The van der Waals surface area contributed by atoms with Crippen molar-refractivity contribution in [2.75, 3.05) is 13.2 Å². The fraction of sp³-hybridized carbons (Fsp3) is 0.256. The van der Waals surface area contributed by atoms with Gasteiger partial charge in [0.05, 0.1) is 0 Å². The standard InChI is InChI=1S/C37H37N3.C29H30BrN3.C8H9BO2.C4H8O/c1-8-25-9-11-26(12-10-25)27-13-15-28(16-14-27)33-38-34(29-17-21-31(22-18-29)36(2,3)4)40-35(39-33)30-19-23-32(24-20-30)37(5,6)7;1-28(2,3)22-13-7-19(8-14-22)25-31-26(20-9-15-23(16-10-20)29(4,5)6)33-27(32-25)21-11-17-24(30)18-12-21;1-2-7-3-5-8(6-4-7)9(10)11;1-2-4-5-3-1/h8-24H,1H2,2-7H3;7-18H,1-6H3;2-6,10-11H,1H2;1-4H2. The average Bonchev–Trinajstić information content (AvgIpc) is 2.35. The van der Waals surface area contributed by atoms with Crippen molar-refractivity contribution in [2.24, 2.45) is 0 Å². The molecule has 3 heterocycles. The van der Waals surface area contributed by atoms with E-state index in [2.05, 4.69) is 258 Å². The van der Waals surface area contributed by atoms with Crippen molar-refractivity contribution in [3.8, 4) is 79.5 Å². The van der Waals surface area contributed by atoms with Crippen LogP contribution in [0.4, 0.5) is 0 Å². The Balaban J connectivity index is 0.000000186. The van der Waals surface area contributed by atoms with Crippen LogP contribution in [0.15, 0.2) is 212 Å². The van der Waals surface area contributed by atoms with E-state index in [-0.39, 0.29) is 21.7 Å². The largest absolute Gasteiger partial charge is 0.488 e. The molecule has 11 rings (SSSR count). The number of benzene rings is 8. The number of nitrogens with zero attached hydrogens (tertiary/aromatic N) is 6. The van der Waals surface area contributed by atoms with Gasteiger partial charge in [0.1, 0.15) is 0 Å². The van der Waals surface area contributed by atoms with Gasteiger partial charge in [-0.2, -0.15) is 0 Å². The van der Waals surface area contributed by atoms with Crippen LogP contribution in [0.1, 0.15) is 129 Å². The second kappa shape index (κ2) is 29.3. The fourth-order valence-electron chi connectivity index (χ4n) is 9.54. The van der Waals surface area contributed by atoms with Crippen LogP contribution in [-0.2, 0) is 26.4 Å². The first-order chi connectivity index (χ1) is 42.2. The lowest BCUT2D eigenvalue weighted by molar-refractivity contribution is 0.198. The van der Waals surface area contributed by atoms with E-state index in [9.17, 15) is 0 Å². The number of hydrogen-bond donors (Lipinski definition) is 2. The molecule has 2 aromatic heterocycles. The minimum atomic E-state index is -1.38. The van der Waals surface area contributed by atoms with Crippen LogP contribution in [0.2, 0.25) is 0 Å². The molecule has 9 nitrogen and oxygen atoms in total. The van der Waals surface area contributed by atoms with E-state index in [1.807, 2.05) is 30.3 Å². The van der Waals surface area contributed by atoms with E-state index in [1.54, 1.807) is 30.3 Å². The van der Waals surface area contributed by atoms with Crippen LogP contribution >= 0.6 is 15.9 Å². The summed E-state index contributed by atoms with van der Waals surface area (Å²) in [6.07, 6.45) is 6.11. The van der Waals surface area contributed by atoms with Crippen molar-refractivity contribution in [3.05, 3.63) is 245 Å². The molecule has 0 unspecified atom stereocenters. The van der Waals surface area contributed by atoms with Crippen LogP contribution in [0.3, 0.4) is 0 Å². The summed E-state index contributed by atoms with van der Waals surface area (Å²) in [6, 6.07) is 66.0. The Bertz CT molecular complexity index is 3760. The van der Waals surface area contributed by atoms with Crippen molar-refractivity contribution in [1.82, 2.24) is 29.9 Å². The Morgan fingerprint density at radius 1 is 0.337 bits per heavy atom. The molecule has 1 saturated heterocycles. The highest BCUT2D eigenvalue weighted by Gasteiger charge is 2.21. The molecule has 8 aromatic carbocycles. The number of hydrogen-bond acceptors (Lipinski definition) is 9. The van der Waals surface area contributed by atoms with Gasteiger partial charge in [-0.25, -0.2) is 29.9 Å². The maximum absolute atomic E-state index is 8.72. The zero-order chi connectivity index (χ0) is 64.1. The quantitative estimate of drug-likeness (QED) is 0.129. The van der Waals surface area contributed by atoms with Gasteiger partial charge >= 0.3 is 7.12 Å². The summed E-state index contributed by atoms with van der Waals surface area (Å²) in [4.78, 5) is 29.4. The zero-order valence-electron chi connectivity index (χ0n) is 53.8. The van der Waals surface area contributed by atoms with Crippen molar-refractivity contribution in [3.63, 3.8) is 0 Å². The van der Waals surface area contributed by atoms with Crippen LogP contribution < -0.4 is 5.46 Å². The molecule has 1 aliphatic rings. The molecular weight excluding hydrogens is 1160 g/mol. The molecule has 0 atom stereocenters. The monoisotopic (exact) mass is 1240 g/mol. The zero-order valence-corrected chi connectivity index (χ0v) is 55.4. The molecule has 89 heavy (non-hydrogen) atoms. The fourth-order valence-corrected chi connectivity index (χ4v) is 9.80. The van der Waals surface area contributed by atoms with Crippen molar-refractivity contribution >= 4 is 40.7 Å². The lowest BCUT2D eigenvalue weighted by Gasteiger charge is -2.19. The van der Waals surface area contributed by atoms with Gasteiger partial charge in [0.2, 0.25) is 0 Å². The highest BCUT2D eigenvalue weighted by molar-refractivity contribution is 9.10. The number of rotatable bonds is 10. The van der Waals surface area contributed by atoms with Gasteiger partial charge in [-0.15, -0.1) is 0 Å². The molecule has 0 spiro atoms. The predicted octanol–water partition coefficient (Wildman–Crippen LogP) is 18.8. The third kappa shape index (κ3) is 18.6. The number of aromatic nitrogens is 6. The normalized spacial score (nSPS) is 12.3. The maximum atomic E-state index is 8.72. The molecule has 0 amide bonds. The van der Waals surface area contributed by atoms with Gasteiger partial charge in [0, 0.05) is 51.1 Å². The summed E-state index contributed by atoms with van der Waals surface area (Å²) >= 11 is 3.51. The molecule has 0 aliphatic carbocycles. The molecule has 2 N–H and O–H groups in total. The van der Waals surface area contributed by atoms with Crippen molar-refractivity contribution < 1.29 is 14.8 Å². The number of ether oxygens (including phenoxy) is 1. The van der Waals surface area contributed by atoms with Crippen LogP contribution in [0, 0.1) is 0 Å². The van der Waals surface area contributed by atoms with E-state index in [1.165, 1.54) is 35.1 Å². The SMILES string of the molecule is C1CCOC1.C=Cc1ccc(-c2ccc(-c3nc(-c4ccc(C(C)(C)C)cc4)nc(-c4ccc(C(C)(C)C)cc4)n3)cc2)cc1.C=Cc1ccc(B(O)O)cc1.CC(C)(C)c1ccc(-c2nc(-c3ccc(Br)cc3)nc(-c3ccc(C(C)(C)C)cc3)n2)cc1. The van der Waals surface area contributed by atoms with E-state index in [0.29, 0.717) is 40.4 Å². The molecule has 10 aromatic rings. The maximum Gasteiger partial charge on any atom is 0.488 e. The molecule has 0 bridgehead atoms. The van der Waals surface area contributed by atoms with Gasteiger partial charge in [0.15, 0.2) is 34.9 Å². The van der Waals surface area contributed by atoms with Gasteiger partial charge in [-0.05, 0) is 96.6 Å². The third-order valence-electron chi connectivity index (χ3n) is 15.3. The Morgan fingerprint density at radius 3 is 0.764 bits per heavy atom. The highest BCUT2D eigenvalue weighted by atomic mass is 79.9. The first kappa shape index (κ1) is 66.6. The molecule has 1 aliphatic heterocycles. The lowest BCUT2D eigenvalue weighted by Crippen LogP contribution is -2.29. The summed E-state index contributed by atoms with van der Waals surface area (Å²) in [5, 5.41) is 17.4. The Morgan fingerprint density at radius 2 is 0.551 bits per heavy atom. The van der Waals surface area contributed by atoms with E-state index >= 15 is 0 Å². The lowest BCUT2D eigenvalue weighted by atomic mass is 9.80. The second-order valence-electron chi connectivity index (χ2n) is 26.4. The molecule has 0 radical (unpaired) electrons. The Kier molecular flexibility index (Phi) is 22.0. The summed E-state index contributed by atoms with van der Waals surface area (Å²) in [5.41, 5.74) is 16.2. The van der Waals surface area contributed by atoms with E-state index < -0.39 is 7.12 Å². The Hall–Kier alpha value is -8.32. The van der Waals surface area contributed by atoms with E-state index in [4.69, 9.17) is 44.7 Å². The first-order valence-corrected chi connectivity index (χ1v) is 31.3. The summed E-state index contributed by atoms with van der Waals surface area (Å²) < 4.78 is 5.97. The minimum Gasteiger partial charge on any atom is -0.423 e. The minimum absolute atomic E-state index is 0.0799. The summed E-state index contributed by atoms with van der Waals surface area (Å²) in [5.74, 6) is 4.03. The van der Waals surface area contributed by atoms with E-state index in [0.717, 1.165) is 73.3 Å². The van der Waals surface area contributed by atoms with Gasteiger partial charge in [-0.3, -0.25) is 0 Å². The summed E-state index contributed by atoms with van der Waals surface area (Å²) in [6.45, 7) is 36.1. The molecular formula is C78H84BBrN6O3. The topological polar surface area (TPSA) is 127 Å². The van der Waals surface area contributed by atoms with Gasteiger partial charge in [-0.1, -0.05) is 306 Å². The molecule has 454 valence electrons. The Labute approximate surface area is 537 Å². The van der Waals surface area contributed by atoms with Gasteiger partial charge in [0.25, 0.3) is 0 Å². The molecule has 11 heteroatoms. The van der Waals surface area contributed by atoms with Crippen molar-refractivity contribution in [2.45, 2.75) is 118 Å². The van der Waals surface area contributed by atoms with Crippen molar-refractivity contribution in [1.29, 1.82) is 0 Å².